The van der Waals surface area contributed by atoms with Crippen molar-refractivity contribution in [2.75, 3.05) is 25.0 Å². The Morgan fingerprint density at radius 1 is 1.19 bits per heavy atom. The standard InChI is InChI=1S/C27H27FN4O3S/c1-17-29-21(16-36-17)15-30(2)25(33)19-7-5-11-31(14-19)23-10-4-9-22-24(23)27(35)32(26(22)34)13-18-6-3-8-20(28)12-18/h3-4,6,8-10,12,16,19H,5,7,11,13-15H2,1-2H3/t19-/m1/s1. The van der Waals surface area contributed by atoms with Crippen LogP contribution in [0.1, 0.15) is 49.8 Å². The Balaban J connectivity index is 1.34. The van der Waals surface area contributed by atoms with Crippen molar-refractivity contribution in [3.05, 3.63) is 81.1 Å². The van der Waals surface area contributed by atoms with Crippen molar-refractivity contribution in [1.29, 1.82) is 0 Å². The minimum Gasteiger partial charge on any atom is -0.370 e. The second kappa shape index (κ2) is 9.81. The minimum absolute atomic E-state index is 0.00550. The molecule has 3 heterocycles. The molecule has 186 valence electrons. The molecule has 1 aromatic heterocycles. The first-order valence-corrected chi connectivity index (χ1v) is 12.8. The van der Waals surface area contributed by atoms with Gasteiger partial charge in [0.25, 0.3) is 11.8 Å². The van der Waals surface area contributed by atoms with Crippen molar-refractivity contribution in [2.45, 2.75) is 32.9 Å². The average molecular weight is 507 g/mol. The Bertz CT molecular complexity index is 1340. The van der Waals surface area contributed by atoms with E-state index in [2.05, 4.69) is 4.98 Å². The first kappa shape index (κ1) is 24.1. The van der Waals surface area contributed by atoms with Gasteiger partial charge >= 0.3 is 0 Å². The minimum atomic E-state index is -0.413. The third-order valence-electron chi connectivity index (χ3n) is 6.76. The molecule has 0 unspecified atom stereocenters. The number of aryl methyl sites for hydroxylation is 1. The van der Waals surface area contributed by atoms with Gasteiger partial charge in [-0.15, -0.1) is 11.3 Å². The third kappa shape index (κ3) is 4.63. The van der Waals surface area contributed by atoms with Gasteiger partial charge in [0.15, 0.2) is 0 Å². The van der Waals surface area contributed by atoms with Gasteiger partial charge in [0.05, 0.1) is 46.5 Å². The quantitative estimate of drug-likeness (QED) is 0.467. The van der Waals surface area contributed by atoms with Crippen LogP contribution in [-0.4, -0.2) is 52.6 Å². The van der Waals surface area contributed by atoms with Gasteiger partial charge in [0.1, 0.15) is 5.82 Å². The van der Waals surface area contributed by atoms with Crippen LogP contribution in [0.3, 0.4) is 0 Å². The molecule has 7 nitrogen and oxygen atoms in total. The highest BCUT2D eigenvalue weighted by Crippen LogP contribution is 2.35. The molecule has 5 rings (SSSR count). The second-order valence-electron chi connectivity index (χ2n) is 9.36. The summed E-state index contributed by atoms with van der Waals surface area (Å²) in [6.45, 7) is 3.58. The summed E-state index contributed by atoms with van der Waals surface area (Å²) in [6.07, 6.45) is 1.57. The molecule has 0 bridgehead atoms. The van der Waals surface area contributed by atoms with E-state index in [-0.39, 0.29) is 30.2 Å². The highest BCUT2D eigenvalue weighted by atomic mass is 32.1. The maximum Gasteiger partial charge on any atom is 0.263 e. The summed E-state index contributed by atoms with van der Waals surface area (Å²) in [5, 5.41) is 2.94. The predicted molar refractivity (Wildman–Crippen MR) is 135 cm³/mol. The zero-order valence-corrected chi connectivity index (χ0v) is 21.1. The van der Waals surface area contributed by atoms with Crippen LogP contribution >= 0.6 is 11.3 Å². The van der Waals surface area contributed by atoms with Gasteiger partial charge in [-0.05, 0) is 49.6 Å². The molecule has 2 aliphatic heterocycles. The summed E-state index contributed by atoms with van der Waals surface area (Å²) >= 11 is 1.56. The number of benzene rings is 2. The van der Waals surface area contributed by atoms with Crippen LogP contribution < -0.4 is 4.90 Å². The Morgan fingerprint density at radius 3 is 2.75 bits per heavy atom. The molecule has 9 heteroatoms. The molecular formula is C27H27FN4O3S. The Morgan fingerprint density at radius 2 is 2.00 bits per heavy atom. The summed E-state index contributed by atoms with van der Waals surface area (Å²) in [4.78, 5) is 49.1. The van der Waals surface area contributed by atoms with Crippen molar-refractivity contribution in [3.8, 4) is 0 Å². The number of hydrogen-bond donors (Lipinski definition) is 0. The number of carbonyl (C=O) groups is 3. The van der Waals surface area contributed by atoms with E-state index in [0.717, 1.165) is 23.5 Å². The van der Waals surface area contributed by atoms with E-state index < -0.39 is 5.82 Å². The summed E-state index contributed by atoms with van der Waals surface area (Å²) in [5.74, 6) is -1.35. The molecule has 0 radical (unpaired) electrons. The van der Waals surface area contributed by atoms with Gasteiger partial charge in [0.2, 0.25) is 5.91 Å². The van der Waals surface area contributed by atoms with Crippen molar-refractivity contribution in [2.24, 2.45) is 5.92 Å². The van der Waals surface area contributed by atoms with E-state index in [1.807, 2.05) is 23.3 Å². The number of amides is 3. The number of thiazole rings is 1. The normalized spacial score (nSPS) is 17.5. The first-order chi connectivity index (χ1) is 17.3. The van der Waals surface area contributed by atoms with Crippen molar-refractivity contribution in [1.82, 2.24) is 14.8 Å². The SMILES string of the molecule is Cc1nc(CN(C)C(=O)[C@@H]2CCCN(c3cccc4c3C(=O)N(Cc3cccc(F)c3)C4=O)C2)cs1. The van der Waals surface area contributed by atoms with Crippen LogP contribution in [0.15, 0.2) is 47.8 Å². The number of rotatable bonds is 6. The van der Waals surface area contributed by atoms with E-state index in [1.165, 1.54) is 17.0 Å². The topological polar surface area (TPSA) is 73.8 Å². The molecular weight excluding hydrogens is 479 g/mol. The van der Waals surface area contributed by atoms with Crippen LogP contribution in [0, 0.1) is 18.7 Å². The first-order valence-electron chi connectivity index (χ1n) is 12.0. The van der Waals surface area contributed by atoms with E-state index >= 15 is 0 Å². The Kier molecular flexibility index (Phi) is 6.57. The lowest BCUT2D eigenvalue weighted by molar-refractivity contribution is -0.135. The molecule has 1 fully saturated rings. The lowest BCUT2D eigenvalue weighted by Crippen LogP contribution is -2.44. The highest BCUT2D eigenvalue weighted by Gasteiger charge is 2.39. The fraction of sp³-hybridized carbons (Fsp3) is 0.333. The number of aromatic nitrogens is 1. The number of fused-ring (bicyclic) bond motifs is 1. The smallest absolute Gasteiger partial charge is 0.263 e. The van der Waals surface area contributed by atoms with Crippen molar-refractivity contribution < 1.29 is 18.8 Å². The summed E-state index contributed by atoms with van der Waals surface area (Å²) in [5.41, 5.74) is 2.80. The molecule has 0 saturated carbocycles. The summed E-state index contributed by atoms with van der Waals surface area (Å²) in [7, 11) is 1.79. The number of piperidine rings is 1. The second-order valence-corrected chi connectivity index (χ2v) is 10.4. The lowest BCUT2D eigenvalue weighted by atomic mass is 9.95. The molecule has 3 aromatic rings. The molecule has 0 aliphatic carbocycles. The third-order valence-corrected chi connectivity index (χ3v) is 7.58. The van der Waals surface area contributed by atoms with Gasteiger partial charge in [0, 0.05) is 25.5 Å². The molecule has 36 heavy (non-hydrogen) atoms. The van der Waals surface area contributed by atoms with E-state index in [0.29, 0.717) is 42.0 Å². The lowest BCUT2D eigenvalue weighted by Gasteiger charge is -2.36. The molecule has 0 spiro atoms. The fourth-order valence-electron chi connectivity index (χ4n) is 5.05. The summed E-state index contributed by atoms with van der Waals surface area (Å²) in [6, 6.07) is 11.2. The maximum absolute atomic E-state index is 13.7. The van der Waals surface area contributed by atoms with Crippen molar-refractivity contribution in [3.63, 3.8) is 0 Å². The van der Waals surface area contributed by atoms with E-state index in [1.54, 1.807) is 47.5 Å². The van der Waals surface area contributed by atoms with Gasteiger partial charge in [-0.2, -0.15) is 0 Å². The van der Waals surface area contributed by atoms with Crippen LogP contribution in [0.2, 0.25) is 0 Å². The van der Waals surface area contributed by atoms with Crippen LogP contribution in [0.25, 0.3) is 0 Å². The summed E-state index contributed by atoms with van der Waals surface area (Å²) < 4.78 is 13.7. The van der Waals surface area contributed by atoms with E-state index in [4.69, 9.17) is 0 Å². The number of nitrogens with zero attached hydrogens (tertiary/aromatic N) is 4. The van der Waals surface area contributed by atoms with Crippen LogP contribution in [-0.2, 0) is 17.9 Å². The predicted octanol–water partition coefficient (Wildman–Crippen LogP) is 4.26. The highest BCUT2D eigenvalue weighted by molar-refractivity contribution is 7.09. The number of hydrogen-bond acceptors (Lipinski definition) is 6. The molecule has 2 aromatic carbocycles. The maximum atomic E-state index is 13.7. The van der Waals surface area contributed by atoms with Gasteiger partial charge in [-0.1, -0.05) is 18.2 Å². The number of carbonyl (C=O) groups excluding carboxylic acids is 3. The molecule has 3 amide bonds. The fourth-order valence-corrected chi connectivity index (χ4v) is 5.66. The molecule has 1 atom stereocenters. The van der Waals surface area contributed by atoms with E-state index in [9.17, 15) is 18.8 Å². The van der Waals surface area contributed by atoms with Gasteiger partial charge < -0.3 is 9.80 Å². The number of imide groups is 1. The Hall–Kier alpha value is -3.59. The number of anilines is 1. The zero-order chi connectivity index (χ0) is 25.4. The zero-order valence-electron chi connectivity index (χ0n) is 20.2. The monoisotopic (exact) mass is 506 g/mol. The molecule has 1 saturated heterocycles. The number of halogens is 1. The largest absolute Gasteiger partial charge is 0.370 e. The molecule has 2 aliphatic rings. The van der Waals surface area contributed by atoms with Gasteiger partial charge in [-0.25, -0.2) is 9.37 Å². The molecule has 0 N–H and O–H groups in total. The average Bonchev–Trinajstić information content (AvgIpc) is 3.39. The van der Waals surface area contributed by atoms with Crippen LogP contribution in [0.4, 0.5) is 10.1 Å². The van der Waals surface area contributed by atoms with Crippen LogP contribution in [0.5, 0.6) is 0 Å². The Labute approximate surface area is 213 Å². The van der Waals surface area contributed by atoms with Gasteiger partial charge in [-0.3, -0.25) is 19.3 Å². The van der Waals surface area contributed by atoms with Crippen molar-refractivity contribution >= 4 is 34.7 Å².